The third-order valence-electron chi connectivity index (χ3n) is 5.26. The number of carbonyl (C=O) groups is 1. The largest absolute Gasteiger partial charge is 0.481 e. The van der Waals surface area contributed by atoms with Crippen molar-refractivity contribution in [3.05, 3.63) is 41.5 Å². The van der Waals surface area contributed by atoms with Gasteiger partial charge in [-0.3, -0.25) is 4.79 Å². The average molecular weight is 398 g/mol. The second-order valence-corrected chi connectivity index (χ2v) is 8.01. The molecule has 1 fully saturated rings. The molecule has 2 heterocycles. The van der Waals surface area contributed by atoms with E-state index in [1.165, 1.54) is 0 Å². The van der Waals surface area contributed by atoms with E-state index in [4.69, 9.17) is 9.72 Å². The van der Waals surface area contributed by atoms with Crippen LogP contribution in [0.2, 0.25) is 0 Å². The van der Waals surface area contributed by atoms with Gasteiger partial charge in [0.05, 0.1) is 11.3 Å². The third kappa shape index (κ3) is 3.86. The van der Waals surface area contributed by atoms with Crippen LogP contribution in [0.25, 0.3) is 21.3 Å². The Bertz CT molecular complexity index is 966. The maximum Gasteiger partial charge on any atom is 0.306 e. The first kappa shape index (κ1) is 18.8. The molecule has 0 spiro atoms. The van der Waals surface area contributed by atoms with Crippen LogP contribution in [0.15, 0.2) is 35.7 Å². The molecule has 0 amide bonds. The summed E-state index contributed by atoms with van der Waals surface area (Å²) in [4.78, 5) is 21.6. The van der Waals surface area contributed by atoms with E-state index >= 15 is 0 Å². The zero-order valence-corrected chi connectivity index (χ0v) is 16.5. The normalized spacial score (nSPS) is 19.6. The topological polar surface area (TPSA) is 84.3 Å². The number of methoxy groups -OCH3 is 1. The van der Waals surface area contributed by atoms with Crippen molar-refractivity contribution >= 4 is 33.3 Å². The molecule has 1 aliphatic carbocycles. The van der Waals surface area contributed by atoms with Crippen molar-refractivity contribution in [2.24, 2.45) is 5.92 Å². The van der Waals surface area contributed by atoms with Gasteiger partial charge in [-0.15, -0.1) is 11.3 Å². The van der Waals surface area contributed by atoms with Gasteiger partial charge in [0.15, 0.2) is 5.82 Å². The molecule has 7 heteroatoms. The monoisotopic (exact) mass is 397 g/mol. The van der Waals surface area contributed by atoms with Crippen LogP contribution in [0.3, 0.4) is 0 Å². The number of carboxylic acids is 1. The molecule has 2 aromatic heterocycles. The van der Waals surface area contributed by atoms with Crippen LogP contribution in [0.5, 0.6) is 0 Å². The highest BCUT2D eigenvalue weighted by Gasteiger charge is 2.27. The summed E-state index contributed by atoms with van der Waals surface area (Å²) >= 11 is 1.60. The molecule has 0 aliphatic heterocycles. The van der Waals surface area contributed by atoms with Crippen LogP contribution >= 0.6 is 11.3 Å². The highest BCUT2D eigenvalue weighted by molar-refractivity contribution is 7.17. The summed E-state index contributed by atoms with van der Waals surface area (Å²) in [6, 6.07) is 10.5. The Morgan fingerprint density at radius 1 is 1.21 bits per heavy atom. The van der Waals surface area contributed by atoms with Gasteiger partial charge in [0.1, 0.15) is 17.3 Å². The molecule has 28 heavy (non-hydrogen) atoms. The summed E-state index contributed by atoms with van der Waals surface area (Å²) in [6.07, 6.45) is 3.04. The van der Waals surface area contributed by atoms with Gasteiger partial charge in [0.25, 0.3) is 0 Å². The minimum Gasteiger partial charge on any atom is -0.481 e. The molecular weight excluding hydrogens is 374 g/mol. The molecule has 0 unspecified atom stereocenters. The van der Waals surface area contributed by atoms with Crippen molar-refractivity contribution in [3.8, 4) is 11.1 Å². The first-order valence-corrected chi connectivity index (χ1v) is 10.4. The lowest BCUT2D eigenvalue weighted by Gasteiger charge is -2.27. The van der Waals surface area contributed by atoms with Gasteiger partial charge in [0, 0.05) is 24.1 Å². The fourth-order valence-electron chi connectivity index (χ4n) is 3.79. The van der Waals surface area contributed by atoms with Gasteiger partial charge >= 0.3 is 5.97 Å². The van der Waals surface area contributed by atoms with Crippen molar-refractivity contribution in [1.82, 2.24) is 9.97 Å². The summed E-state index contributed by atoms with van der Waals surface area (Å²) in [5.74, 6) is 0.553. The zero-order valence-electron chi connectivity index (χ0n) is 15.7. The lowest BCUT2D eigenvalue weighted by atomic mass is 9.86. The molecule has 3 aromatic rings. The Hall–Kier alpha value is -2.51. The minimum atomic E-state index is -0.686. The van der Waals surface area contributed by atoms with Crippen LogP contribution in [0.4, 0.5) is 5.82 Å². The molecule has 6 nitrogen and oxygen atoms in total. The van der Waals surface area contributed by atoms with Gasteiger partial charge in [-0.2, -0.15) is 0 Å². The Morgan fingerprint density at radius 2 is 1.96 bits per heavy atom. The number of fused-ring (bicyclic) bond motifs is 1. The standard InChI is InChI=1S/C21H23N3O3S/c1-27-11-17-23-19(22-15-9-7-14(8-10-15)21(25)26)18-16(12-28-20(18)24-17)13-5-3-2-4-6-13/h2-6,12,14-15H,7-11H2,1H3,(H,25,26)(H,22,23,24). The molecule has 0 saturated heterocycles. The third-order valence-corrected chi connectivity index (χ3v) is 6.13. The van der Waals surface area contributed by atoms with Gasteiger partial charge in [-0.1, -0.05) is 30.3 Å². The fourth-order valence-corrected chi connectivity index (χ4v) is 4.76. The second-order valence-electron chi connectivity index (χ2n) is 7.15. The summed E-state index contributed by atoms with van der Waals surface area (Å²) in [7, 11) is 1.64. The van der Waals surface area contributed by atoms with Crippen molar-refractivity contribution in [1.29, 1.82) is 0 Å². The highest BCUT2D eigenvalue weighted by Crippen LogP contribution is 2.38. The van der Waals surface area contributed by atoms with Gasteiger partial charge in [-0.05, 0) is 31.2 Å². The first-order chi connectivity index (χ1) is 13.7. The van der Waals surface area contributed by atoms with Crippen molar-refractivity contribution in [2.75, 3.05) is 12.4 Å². The Labute approximate surface area is 167 Å². The minimum absolute atomic E-state index is 0.215. The van der Waals surface area contributed by atoms with E-state index in [1.807, 2.05) is 18.2 Å². The maximum absolute atomic E-state index is 11.2. The van der Waals surface area contributed by atoms with E-state index in [2.05, 4.69) is 27.8 Å². The number of ether oxygens (including phenoxy) is 1. The SMILES string of the molecule is COCc1nc(NC2CCC(C(=O)O)CC2)c2c(-c3ccccc3)csc2n1. The molecule has 1 aliphatic rings. The number of benzene rings is 1. The van der Waals surface area contributed by atoms with E-state index < -0.39 is 5.97 Å². The molecule has 1 aromatic carbocycles. The van der Waals surface area contributed by atoms with E-state index in [0.29, 0.717) is 25.3 Å². The highest BCUT2D eigenvalue weighted by atomic mass is 32.1. The number of aliphatic carboxylic acids is 1. The van der Waals surface area contributed by atoms with E-state index in [0.717, 1.165) is 40.0 Å². The number of rotatable bonds is 6. The van der Waals surface area contributed by atoms with Gasteiger partial charge in [0.2, 0.25) is 0 Å². The molecule has 146 valence electrons. The molecule has 0 radical (unpaired) electrons. The number of hydrogen-bond acceptors (Lipinski definition) is 6. The quantitative estimate of drug-likeness (QED) is 0.634. The summed E-state index contributed by atoms with van der Waals surface area (Å²) < 4.78 is 5.24. The van der Waals surface area contributed by atoms with Gasteiger partial charge in [-0.25, -0.2) is 9.97 Å². The second kappa shape index (κ2) is 8.24. The molecule has 2 N–H and O–H groups in total. The Kier molecular flexibility index (Phi) is 5.54. The maximum atomic E-state index is 11.2. The average Bonchev–Trinajstić information content (AvgIpc) is 3.14. The Balaban J connectivity index is 1.69. The number of anilines is 1. The molecular formula is C21H23N3O3S. The number of carboxylic acid groups (broad SMARTS) is 1. The van der Waals surface area contributed by atoms with Crippen LogP contribution in [-0.2, 0) is 16.1 Å². The number of thiophene rings is 1. The zero-order chi connectivity index (χ0) is 19.5. The van der Waals surface area contributed by atoms with Crippen LogP contribution in [0.1, 0.15) is 31.5 Å². The number of nitrogens with zero attached hydrogens (tertiary/aromatic N) is 2. The van der Waals surface area contributed by atoms with E-state index in [-0.39, 0.29) is 12.0 Å². The fraction of sp³-hybridized carbons (Fsp3) is 0.381. The predicted molar refractivity (Wildman–Crippen MR) is 111 cm³/mol. The molecule has 1 saturated carbocycles. The van der Waals surface area contributed by atoms with E-state index in [9.17, 15) is 9.90 Å². The van der Waals surface area contributed by atoms with Crippen LogP contribution < -0.4 is 5.32 Å². The summed E-state index contributed by atoms with van der Waals surface area (Å²) in [5.41, 5.74) is 2.25. The lowest BCUT2D eigenvalue weighted by Crippen LogP contribution is -2.29. The molecule has 0 bridgehead atoms. The Morgan fingerprint density at radius 3 is 2.64 bits per heavy atom. The molecule has 4 rings (SSSR count). The number of hydrogen-bond donors (Lipinski definition) is 2. The van der Waals surface area contributed by atoms with Crippen molar-refractivity contribution in [2.45, 2.75) is 38.3 Å². The molecule has 0 atom stereocenters. The number of nitrogens with one attached hydrogen (secondary N) is 1. The smallest absolute Gasteiger partial charge is 0.306 e. The van der Waals surface area contributed by atoms with Crippen LogP contribution in [-0.4, -0.2) is 34.2 Å². The van der Waals surface area contributed by atoms with Crippen LogP contribution in [0, 0.1) is 5.92 Å². The number of aromatic nitrogens is 2. The predicted octanol–water partition coefficient (Wildman–Crippen LogP) is 4.56. The summed E-state index contributed by atoms with van der Waals surface area (Å²) in [5, 5.41) is 16.0. The summed E-state index contributed by atoms with van der Waals surface area (Å²) in [6.45, 7) is 0.356. The van der Waals surface area contributed by atoms with E-state index in [1.54, 1.807) is 18.4 Å². The van der Waals surface area contributed by atoms with Crippen molar-refractivity contribution in [3.63, 3.8) is 0 Å². The van der Waals surface area contributed by atoms with Crippen molar-refractivity contribution < 1.29 is 14.6 Å². The lowest BCUT2D eigenvalue weighted by molar-refractivity contribution is -0.142. The first-order valence-electron chi connectivity index (χ1n) is 9.47. The van der Waals surface area contributed by atoms with Gasteiger partial charge < -0.3 is 15.2 Å².